The predicted octanol–water partition coefficient (Wildman–Crippen LogP) is 0.761. The number of primary sulfonamides is 1. The maximum Gasteiger partial charge on any atom is 0.238 e. The molecule has 0 atom stereocenters. The Labute approximate surface area is 118 Å². The second kappa shape index (κ2) is 5.59. The number of rotatable bonds is 5. The van der Waals surface area contributed by atoms with E-state index in [1.165, 1.54) is 12.1 Å². The van der Waals surface area contributed by atoms with Crippen LogP contribution >= 0.6 is 0 Å². The molecule has 20 heavy (non-hydrogen) atoms. The van der Waals surface area contributed by atoms with E-state index >= 15 is 0 Å². The summed E-state index contributed by atoms with van der Waals surface area (Å²) in [6.45, 7) is 5.78. The van der Waals surface area contributed by atoms with Crippen molar-refractivity contribution in [1.29, 1.82) is 0 Å². The van der Waals surface area contributed by atoms with Gasteiger partial charge >= 0.3 is 0 Å². The van der Waals surface area contributed by atoms with Crippen molar-refractivity contribution >= 4 is 15.8 Å². The van der Waals surface area contributed by atoms with Crippen LogP contribution in [0.5, 0.6) is 0 Å². The predicted molar refractivity (Wildman–Crippen MR) is 76.3 cm³/mol. The van der Waals surface area contributed by atoms with Gasteiger partial charge in [0.1, 0.15) is 0 Å². The summed E-state index contributed by atoms with van der Waals surface area (Å²) >= 11 is 0. The number of nitrogens with zero attached hydrogens (tertiary/aromatic N) is 4. The largest absolute Gasteiger partial charge is 0.354 e. The van der Waals surface area contributed by atoms with Gasteiger partial charge in [-0.25, -0.2) is 18.2 Å². The van der Waals surface area contributed by atoms with Crippen LogP contribution in [0.4, 0.5) is 5.82 Å². The minimum absolute atomic E-state index is 0.0744. The highest BCUT2D eigenvalue weighted by atomic mass is 32.2. The van der Waals surface area contributed by atoms with Crippen molar-refractivity contribution in [1.82, 2.24) is 15.0 Å². The van der Waals surface area contributed by atoms with E-state index in [0.717, 1.165) is 24.6 Å². The van der Waals surface area contributed by atoms with Gasteiger partial charge in [0, 0.05) is 13.1 Å². The molecular weight excluding hydrogens is 278 g/mol. The lowest BCUT2D eigenvalue weighted by Crippen LogP contribution is -2.22. The Hall–Kier alpha value is -1.93. The van der Waals surface area contributed by atoms with E-state index in [4.69, 9.17) is 5.14 Å². The highest BCUT2D eigenvalue weighted by Crippen LogP contribution is 2.15. The lowest BCUT2D eigenvalue weighted by Gasteiger charge is -2.16. The van der Waals surface area contributed by atoms with Gasteiger partial charge in [-0.05, 0) is 38.1 Å². The molecule has 2 aromatic rings. The monoisotopic (exact) mass is 295 g/mol. The quantitative estimate of drug-likeness (QED) is 0.879. The zero-order valence-corrected chi connectivity index (χ0v) is 12.2. The molecule has 8 heteroatoms. The summed E-state index contributed by atoms with van der Waals surface area (Å²) in [6.07, 6.45) is 1.80. The normalized spacial score (nSPS) is 11.6. The fourth-order valence-electron chi connectivity index (χ4n) is 1.86. The Balaban J connectivity index is 2.29. The minimum Gasteiger partial charge on any atom is -0.354 e. The van der Waals surface area contributed by atoms with E-state index in [-0.39, 0.29) is 4.90 Å². The average Bonchev–Trinajstić information content (AvgIpc) is 2.89. The third-order valence-corrected chi connectivity index (χ3v) is 3.93. The van der Waals surface area contributed by atoms with E-state index in [0.29, 0.717) is 0 Å². The van der Waals surface area contributed by atoms with Crippen molar-refractivity contribution in [3.8, 4) is 5.69 Å². The first-order valence-electron chi connectivity index (χ1n) is 6.26. The van der Waals surface area contributed by atoms with Crippen molar-refractivity contribution in [2.75, 3.05) is 18.0 Å². The summed E-state index contributed by atoms with van der Waals surface area (Å²) in [6, 6.07) is 6.17. The van der Waals surface area contributed by atoms with E-state index in [2.05, 4.69) is 15.2 Å². The van der Waals surface area contributed by atoms with Gasteiger partial charge in [0.25, 0.3) is 0 Å². The average molecular weight is 295 g/mol. The van der Waals surface area contributed by atoms with Crippen LogP contribution in [0.2, 0.25) is 0 Å². The molecule has 1 aromatic carbocycles. The SMILES string of the molecule is CCN(CC)c1cn(-c2ccc(S(N)(=O)=O)cc2)nn1. The number of hydrogen-bond donors (Lipinski definition) is 1. The maximum absolute atomic E-state index is 11.2. The summed E-state index contributed by atoms with van der Waals surface area (Å²) in [5, 5.41) is 13.2. The molecule has 0 aliphatic heterocycles. The zero-order valence-electron chi connectivity index (χ0n) is 11.4. The summed E-state index contributed by atoms with van der Waals surface area (Å²) < 4.78 is 24.0. The van der Waals surface area contributed by atoms with Crippen molar-refractivity contribution < 1.29 is 8.42 Å². The summed E-state index contributed by atoms with van der Waals surface area (Å²) in [5.41, 5.74) is 0.725. The molecule has 2 rings (SSSR count). The molecule has 0 spiro atoms. The number of nitrogens with two attached hydrogens (primary N) is 1. The van der Waals surface area contributed by atoms with Crippen LogP contribution in [-0.4, -0.2) is 36.5 Å². The van der Waals surface area contributed by atoms with Crippen molar-refractivity contribution in [3.63, 3.8) is 0 Å². The molecule has 0 fully saturated rings. The first kappa shape index (κ1) is 14.5. The number of hydrogen-bond acceptors (Lipinski definition) is 5. The number of benzene rings is 1. The molecule has 2 N–H and O–H groups in total. The Morgan fingerprint density at radius 3 is 2.30 bits per heavy atom. The molecular formula is C12H17N5O2S. The summed E-state index contributed by atoms with van der Waals surface area (Å²) in [7, 11) is -3.67. The smallest absolute Gasteiger partial charge is 0.238 e. The van der Waals surface area contributed by atoms with Crippen molar-refractivity contribution in [2.24, 2.45) is 5.14 Å². The standard InChI is InChI=1S/C12H17N5O2S/c1-3-16(4-2)12-9-17(15-14-12)10-5-7-11(8-6-10)20(13,18)19/h5-9H,3-4H2,1-2H3,(H2,13,18,19). The Morgan fingerprint density at radius 2 is 1.80 bits per heavy atom. The van der Waals surface area contributed by atoms with Gasteiger partial charge in [-0.3, -0.25) is 0 Å². The maximum atomic E-state index is 11.2. The molecule has 0 unspecified atom stereocenters. The highest BCUT2D eigenvalue weighted by Gasteiger charge is 2.10. The number of aromatic nitrogens is 3. The van der Waals surface area contributed by atoms with Gasteiger partial charge in [0.15, 0.2) is 5.82 Å². The van der Waals surface area contributed by atoms with E-state index < -0.39 is 10.0 Å². The Kier molecular flexibility index (Phi) is 4.05. The Morgan fingerprint density at radius 1 is 1.20 bits per heavy atom. The molecule has 1 aromatic heterocycles. The fraction of sp³-hybridized carbons (Fsp3) is 0.333. The molecule has 0 amide bonds. The third-order valence-electron chi connectivity index (χ3n) is 3.00. The molecule has 7 nitrogen and oxygen atoms in total. The molecule has 1 heterocycles. The molecule has 0 saturated heterocycles. The van der Waals surface area contributed by atoms with Gasteiger partial charge < -0.3 is 4.90 Å². The molecule has 0 saturated carbocycles. The fourth-order valence-corrected chi connectivity index (χ4v) is 2.38. The number of sulfonamides is 1. The van der Waals surface area contributed by atoms with Crippen LogP contribution < -0.4 is 10.0 Å². The lowest BCUT2D eigenvalue weighted by molar-refractivity contribution is 0.598. The zero-order chi connectivity index (χ0) is 14.8. The van der Waals surface area contributed by atoms with Gasteiger partial charge in [-0.1, -0.05) is 5.21 Å². The topological polar surface area (TPSA) is 94.1 Å². The van der Waals surface area contributed by atoms with E-state index in [1.54, 1.807) is 23.0 Å². The van der Waals surface area contributed by atoms with E-state index in [1.807, 2.05) is 13.8 Å². The molecule has 0 aliphatic carbocycles. The van der Waals surface area contributed by atoms with Gasteiger partial charge in [0.05, 0.1) is 16.8 Å². The van der Waals surface area contributed by atoms with Crippen LogP contribution in [0.3, 0.4) is 0 Å². The van der Waals surface area contributed by atoms with Crippen LogP contribution in [0.1, 0.15) is 13.8 Å². The van der Waals surface area contributed by atoms with Crippen LogP contribution in [-0.2, 0) is 10.0 Å². The molecule has 0 radical (unpaired) electrons. The first-order chi connectivity index (χ1) is 9.45. The highest BCUT2D eigenvalue weighted by molar-refractivity contribution is 7.89. The second-order valence-corrected chi connectivity index (χ2v) is 5.79. The lowest BCUT2D eigenvalue weighted by atomic mass is 10.3. The van der Waals surface area contributed by atoms with Gasteiger partial charge in [-0.2, -0.15) is 0 Å². The third kappa shape index (κ3) is 2.97. The first-order valence-corrected chi connectivity index (χ1v) is 7.81. The number of anilines is 1. The van der Waals surface area contributed by atoms with Crippen molar-refractivity contribution in [3.05, 3.63) is 30.5 Å². The van der Waals surface area contributed by atoms with Crippen molar-refractivity contribution in [2.45, 2.75) is 18.7 Å². The minimum atomic E-state index is -3.67. The van der Waals surface area contributed by atoms with E-state index in [9.17, 15) is 8.42 Å². The van der Waals surface area contributed by atoms with Crippen LogP contribution in [0.15, 0.2) is 35.4 Å². The second-order valence-electron chi connectivity index (χ2n) is 4.23. The summed E-state index contributed by atoms with van der Waals surface area (Å²) in [5.74, 6) is 0.783. The molecule has 0 bridgehead atoms. The molecule has 108 valence electrons. The van der Waals surface area contributed by atoms with Gasteiger partial charge in [0.2, 0.25) is 10.0 Å². The van der Waals surface area contributed by atoms with Crippen LogP contribution in [0, 0.1) is 0 Å². The summed E-state index contributed by atoms with van der Waals surface area (Å²) in [4.78, 5) is 2.15. The molecule has 0 aliphatic rings. The van der Waals surface area contributed by atoms with Gasteiger partial charge in [-0.15, -0.1) is 5.10 Å². The Bertz CT molecular complexity index is 674. The van der Waals surface area contributed by atoms with Crippen LogP contribution in [0.25, 0.3) is 5.69 Å².